The molecular formula is C17H30O2. The molecule has 0 saturated heterocycles. The van der Waals surface area contributed by atoms with Crippen molar-refractivity contribution in [2.75, 3.05) is 7.11 Å². The number of hydrogen-bond acceptors (Lipinski definition) is 2. The molecule has 0 aromatic carbocycles. The number of allylic oxidation sites excluding steroid dienone is 4. The van der Waals surface area contributed by atoms with Crippen molar-refractivity contribution in [1.29, 1.82) is 0 Å². The summed E-state index contributed by atoms with van der Waals surface area (Å²) in [4.78, 5) is 11.5. The van der Waals surface area contributed by atoms with Gasteiger partial charge in [0.1, 0.15) is 0 Å². The molecule has 0 atom stereocenters. The first kappa shape index (κ1) is 17.9. The van der Waals surface area contributed by atoms with E-state index >= 15 is 0 Å². The zero-order valence-corrected chi connectivity index (χ0v) is 13.1. The highest BCUT2D eigenvalue weighted by Gasteiger charge is 2.27. The maximum absolute atomic E-state index is 11.5. The quantitative estimate of drug-likeness (QED) is 0.314. The molecule has 0 saturated carbocycles. The zero-order chi connectivity index (χ0) is 14.6. The third-order valence-electron chi connectivity index (χ3n) is 3.35. The monoisotopic (exact) mass is 266 g/mol. The molecule has 0 fully saturated rings. The second-order valence-corrected chi connectivity index (χ2v) is 5.64. The number of esters is 1. The number of carbonyl (C=O) groups is 1. The molecule has 0 N–H and O–H groups in total. The minimum atomic E-state index is -0.329. The van der Waals surface area contributed by atoms with Gasteiger partial charge in [0, 0.05) is 0 Å². The maximum atomic E-state index is 11.5. The highest BCUT2D eigenvalue weighted by Crippen LogP contribution is 2.25. The van der Waals surface area contributed by atoms with Crippen LogP contribution in [0.2, 0.25) is 0 Å². The summed E-state index contributed by atoms with van der Waals surface area (Å²) in [5.74, 6) is -0.0957. The second-order valence-electron chi connectivity index (χ2n) is 5.64. The molecule has 0 aromatic rings. The van der Waals surface area contributed by atoms with E-state index in [1.54, 1.807) is 0 Å². The van der Waals surface area contributed by atoms with Crippen LogP contribution in [0.25, 0.3) is 0 Å². The van der Waals surface area contributed by atoms with Gasteiger partial charge in [-0.15, -0.1) is 0 Å². The van der Waals surface area contributed by atoms with E-state index in [-0.39, 0.29) is 11.4 Å². The fourth-order valence-electron chi connectivity index (χ4n) is 2.02. The van der Waals surface area contributed by atoms with E-state index in [2.05, 4.69) is 18.2 Å². The summed E-state index contributed by atoms with van der Waals surface area (Å²) in [6, 6.07) is 0. The fourth-order valence-corrected chi connectivity index (χ4v) is 2.02. The van der Waals surface area contributed by atoms with Gasteiger partial charge in [-0.05, 0) is 40.0 Å². The molecule has 0 radical (unpaired) electrons. The predicted molar refractivity (Wildman–Crippen MR) is 82.1 cm³/mol. The van der Waals surface area contributed by atoms with Crippen molar-refractivity contribution in [2.45, 2.75) is 65.7 Å². The van der Waals surface area contributed by atoms with E-state index in [1.807, 2.05) is 26.8 Å². The van der Waals surface area contributed by atoms with Crippen molar-refractivity contribution in [2.24, 2.45) is 5.41 Å². The van der Waals surface area contributed by atoms with Crippen LogP contribution < -0.4 is 0 Å². The number of hydrogen-bond donors (Lipinski definition) is 0. The Hall–Kier alpha value is -1.05. The molecule has 0 heterocycles. The SMILES string of the molecule is C/C=C/C=C/CCCCCCCC(C)(C)C(=O)OC. The number of unbranched alkanes of at least 4 members (excludes halogenated alkanes) is 5. The average molecular weight is 266 g/mol. The molecule has 0 aromatic heterocycles. The molecule has 0 aliphatic heterocycles. The molecule has 0 rings (SSSR count). The average Bonchev–Trinajstić information content (AvgIpc) is 2.39. The first-order chi connectivity index (χ1) is 9.04. The van der Waals surface area contributed by atoms with E-state index < -0.39 is 0 Å². The van der Waals surface area contributed by atoms with E-state index in [4.69, 9.17) is 4.74 Å². The lowest BCUT2D eigenvalue weighted by molar-refractivity contribution is -0.151. The van der Waals surface area contributed by atoms with Crippen molar-refractivity contribution in [3.05, 3.63) is 24.3 Å². The first-order valence-corrected chi connectivity index (χ1v) is 7.41. The molecule has 19 heavy (non-hydrogen) atoms. The van der Waals surface area contributed by atoms with Crippen LogP contribution in [-0.4, -0.2) is 13.1 Å². The zero-order valence-electron chi connectivity index (χ0n) is 13.1. The number of rotatable bonds is 10. The molecular weight excluding hydrogens is 236 g/mol. The van der Waals surface area contributed by atoms with Crippen LogP contribution in [0.5, 0.6) is 0 Å². The Balaban J connectivity index is 3.48. The van der Waals surface area contributed by atoms with Crippen molar-refractivity contribution < 1.29 is 9.53 Å². The predicted octanol–water partition coefficient (Wildman–Crippen LogP) is 5.05. The maximum Gasteiger partial charge on any atom is 0.311 e. The van der Waals surface area contributed by atoms with Crippen LogP contribution in [0.1, 0.15) is 65.7 Å². The van der Waals surface area contributed by atoms with E-state index in [1.165, 1.54) is 32.8 Å². The van der Waals surface area contributed by atoms with Gasteiger partial charge in [-0.1, -0.05) is 50.0 Å². The molecule has 0 bridgehead atoms. The van der Waals surface area contributed by atoms with E-state index in [0.29, 0.717) is 0 Å². The van der Waals surface area contributed by atoms with Gasteiger partial charge in [-0.25, -0.2) is 0 Å². The first-order valence-electron chi connectivity index (χ1n) is 7.41. The Morgan fingerprint density at radius 2 is 1.68 bits per heavy atom. The lowest BCUT2D eigenvalue weighted by Gasteiger charge is -2.20. The van der Waals surface area contributed by atoms with Crippen LogP contribution in [0.3, 0.4) is 0 Å². The van der Waals surface area contributed by atoms with Crippen molar-refractivity contribution in [3.8, 4) is 0 Å². The van der Waals surface area contributed by atoms with Crippen molar-refractivity contribution in [3.63, 3.8) is 0 Å². The third kappa shape index (κ3) is 9.52. The van der Waals surface area contributed by atoms with Gasteiger partial charge < -0.3 is 4.74 Å². The van der Waals surface area contributed by atoms with Crippen molar-refractivity contribution in [1.82, 2.24) is 0 Å². The van der Waals surface area contributed by atoms with Crippen LogP contribution >= 0.6 is 0 Å². The van der Waals surface area contributed by atoms with Gasteiger partial charge in [0.15, 0.2) is 0 Å². The van der Waals surface area contributed by atoms with Gasteiger partial charge in [0.25, 0.3) is 0 Å². The van der Waals surface area contributed by atoms with Gasteiger partial charge in [0.05, 0.1) is 12.5 Å². The summed E-state index contributed by atoms with van der Waals surface area (Å²) >= 11 is 0. The standard InChI is InChI=1S/C17H30O2/c1-5-6-7-8-9-10-11-12-13-14-15-17(2,3)16(18)19-4/h5-8H,9-15H2,1-4H3/b6-5+,8-7+. The number of methoxy groups -OCH3 is 1. The molecule has 2 nitrogen and oxygen atoms in total. The molecule has 0 aliphatic carbocycles. The minimum absolute atomic E-state index is 0.0957. The molecule has 0 spiro atoms. The van der Waals surface area contributed by atoms with Gasteiger partial charge in [-0.3, -0.25) is 4.79 Å². The Bertz CT molecular complexity index is 288. The molecule has 0 amide bonds. The normalized spacial score (nSPS) is 12.4. The second kappa shape index (κ2) is 10.8. The van der Waals surface area contributed by atoms with Crippen LogP contribution in [0.15, 0.2) is 24.3 Å². The Morgan fingerprint density at radius 3 is 2.32 bits per heavy atom. The summed E-state index contributed by atoms with van der Waals surface area (Å²) in [5, 5.41) is 0. The Labute approximate surface area is 118 Å². The van der Waals surface area contributed by atoms with Crippen LogP contribution in [0.4, 0.5) is 0 Å². The lowest BCUT2D eigenvalue weighted by atomic mass is 9.87. The largest absolute Gasteiger partial charge is 0.469 e. The molecule has 0 aliphatic rings. The third-order valence-corrected chi connectivity index (χ3v) is 3.35. The molecule has 2 heteroatoms. The van der Waals surface area contributed by atoms with E-state index in [9.17, 15) is 4.79 Å². The van der Waals surface area contributed by atoms with E-state index in [0.717, 1.165) is 19.3 Å². The minimum Gasteiger partial charge on any atom is -0.469 e. The summed E-state index contributed by atoms with van der Waals surface area (Å²) in [7, 11) is 1.46. The topological polar surface area (TPSA) is 26.3 Å². The molecule has 110 valence electrons. The fraction of sp³-hybridized carbons (Fsp3) is 0.706. The van der Waals surface area contributed by atoms with Crippen molar-refractivity contribution >= 4 is 5.97 Å². The molecule has 0 unspecified atom stereocenters. The highest BCUT2D eigenvalue weighted by molar-refractivity contribution is 5.75. The number of ether oxygens (including phenoxy) is 1. The van der Waals surface area contributed by atoms with Gasteiger partial charge in [0.2, 0.25) is 0 Å². The van der Waals surface area contributed by atoms with Crippen LogP contribution in [0, 0.1) is 5.41 Å². The summed E-state index contributed by atoms with van der Waals surface area (Å²) in [6.45, 7) is 5.95. The summed E-state index contributed by atoms with van der Waals surface area (Å²) in [6.07, 6.45) is 16.6. The van der Waals surface area contributed by atoms with Crippen LogP contribution in [-0.2, 0) is 9.53 Å². The Morgan fingerprint density at radius 1 is 1.05 bits per heavy atom. The summed E-state index contributed by atoms with van der Waals surface area (Å²) < 4.78 is 4.81. The van der Waals surface area contributed by atoms with Gasteiger partial charge in [-0.2, -0.15) is 0 Å². The highest BCUT2D eigenvalue weighted by atomic mass is 16.5. The Kier molecular flexibility index (Phi) is 10.2. The lowest BCUT2D eigenvalue weighted by Crippen LogP contribution is -2.25. The number of carbonyl (C=O) groups excluding carboxylic acids is 1. The smallest absolute Gasteiger partial charge is 0.311 e. The summed E-state index contributed by atoms with van der Waals surface area (Å²) in [5.41, 5.74) is -0.329. The van der Waals surface area contributed by atoms with Gasteiger partial charge >= 0.3 is 5.97 Å².